The van der Waals surface area contributed by atoms with Crippen LogP contribution in [0.25, 0.3) is 0 Å². The summed E-state index contributed by atoms with van der Waals surface area (Å²) in [4.78, 5) is 12.8. The predicted molar refractivity (Wildman–Crippen MR) is 72.1 cm³/mol. The molecule has 0 amide bonds. The van der Waals surface area contributed by atoms with Gasteiger partial charge in [0.25, 0.3) is 0 Å². The van der Waals surface area contributed by atoms with Crippen LogP contribution in [0.2, 0.25) is 0 Å². The Morgan fingerprint density at radius 3 is 2.82 bits per heavy atom. The Morgan fingerprint density at radius 2 is 2.24 bits per heavy atom. The summed E-state index contributed by atoms with van der Waals surface area (Å²) in [6, 6.07) is 8.19. The van der Waals surface area contributed by atoms with Crippen LogP contribution in [0.1, 0.15) is 12.5 Å². The Hall–Kier alpha value is -0.870. The molecular formula is C13H18BrNO2. The quantitative estimate of drug-likeness (QED) is 0.878. The first-order chi connectivity index (χ1) is 7.99. The maximum absolute atomic E-state index is 10.7. The van der Waals surface area contributed by atoms with Crippen LogP contribution in [0.15, 0.2) is 28.7 Å². The molecule has 0 heterocycles. The zero-order chi connectivity index (χ0) is 12.8. The maximum Gasteiger partial charge on any atom is 0.307 e. The van der Waals surface area contributed by atoms with E-state index in [1.165, 1.54) is 5.56 Å². The van der Waals surface area contributed by atoms with Crippen molar-refractivity contribution in [1.29, 1.82) is 0 Å². The van der Waals surface area contributed by atoms with Gasteiger partial charge >= 0.3 is 5.97 Å². The summed E-state index contributed by atoms with van der Waals surface area (Å²) in [5.41, 5.74) is 1.26. The lowest BCUT2D eigenvalue weighted by Gasteiger charge is -2.18. The molecule has 0 bridgehead atoms. The van der Waals surface area contributed by atoms with E-state index < -0.39 is 5.97 Å². The number of carbonyl (C=O) groups is 1. The van der Waals surface area contributed by atoms with Crippen LogP contribution in [0, 0.1) is 5.92 Å². The third-order valence-corrected chi connectivity index (χ3v) is 3.17. The van der Waals surface area contributed by atoms with Gasteiger partial charge in [-0.15, -0.1) is 0 Å². The molecule has 0 spiro atoms. The zero-order valence-electron chi connectivity index (χ0n) is 10.2. The van der Waals surface area contributed by atoms with Crippen molar-refractivity contribution in [2.45, 2.75) is 13.3 Å². The van der Waals surface area contributed by atoms with Gasteiger partial charge in [0.2, 0.25) is 0 Å². The fraction of sp³-hybridized carbons (Fsp3) is 0.462. The van der Waals surface area contributed by atoms with Crippen molar-refractivity contribution in [3.63, 3.8) is 0 Å². The third-order valence-electron chi connectivity index (χ3n) is 2.68. The SMILES string of the molecule is CC(CN(C)CCc1cccc(Br)c1)C(=O)O. The Kier molecular flexibility index (Phi) is 5.65. The van der Waals surface area contributed by atoms with Gasteiger partial charge < -0.3 is 10.0 Å². The lowest BCUT2D eigenvalue weighted by molar-refractivity contribution is -0.141. The molecule has 0 aliphatic rings. The molecule has 1 unspecified atom stereocenters. The highest BCUT2D eigenvalue weighted by molar-refractivity contribution is 9.10. The molecule has 0 radical (unpaired) electrons. The molecule has 94 valence electrons. The normalized spacial score (nSPS) is 12.7. The molecule has 0 saturated heterocycles. The van der Waals surface area contributed by atoms with Crippen LogP contribution >= 0.6 is 15.9 Å². The fourth-order valence-electron chi connectivity index (χ4n) is 1.65. The largest absolute Gasteiger partial charge is 0.481 e. The molecule has 3 nitrogen and oxygen atoms in total. The number of hydrogen-bond acceptors (Lipinski definition) is 2. The first-order valence-corrected chi connectivity index (χ1v) is 6.44. The maximum atomic E-state index is 10.7. The molecule has 0 aliphatic heterocycles. The number of carboxylic acid groups (broad SMARTS) is 1. The van der Waals surface area contributed by atoms with E-state index in [0.717, 1.165) is 17.4 Å². The summed E-state index contributed by atoms with van der Waals surface area (Å²) >= 11 is 3.44. The molecule has 17 heavy (non-hydrogen) atoms. The highest BCUT2D eigenvalue weighted by Crippen LogP contribution is 2.12. The Balaban J connectivity index is 2.38. The van der Waals surface area contributed by atoms with Gasteiger partial charge in [-0.3, -0.25) is 4.79 Å². The van der Waals surface area contributed by atoms with Gasteiger partial charge in [0.1, 0.15) is 0 Å². The van der Waals surface area contributed by atoms with Crippen LogP contribution in [-0.4, -0.2) is 36.1 Å². The average Bonchev–Trinajstić information content (AvgIpc) is 2.26. The number of nitrogens with zero attached hydrogens (tertiary/aromatic N) is 1. The number of likely N-dealkylation sites (N-methyl/N-ethyl adjacent to an activating group) is 1. The van der Waals surface area contributed by atoms with Crippen molar-refractivity contribution in [3.05, 3.63) is 34.3 Å². The zero-order valence-corrected chi connectivity index (χ0v) is 11.8. The minimum absolute atomic E-state index is 0.317. The second-order valence-corrected chi connectivity index (χ2v) is 5.30. The second kappa shape index (κ2) is 6.77. The smallest absolute Gasteiger partial charge is 0.307 e. The van der Waals surface area contributed by atoms with Gasteiger partial charge in [0, 0.05) is 17.6 Å². The highest BCUT2D eigenvalue weighted by Gasteiger charge is 2.13. The van der Waals surface area contributed by atoms with Gasteiger partial charge in [0.15, 0.2) is 0 Å². The Bertz CT molecular complexity index is 381. The van der Waals surface area contributed by atoms with Crippen LogP contribution < -0.4 is 0 Å². The Labute approximate surface area is 111 Å². The van der Waals surface area contributed by atoms with Gasteiger partial charge in [-0.1, -0.05) is 35.0 Å². The standard InChI is InChI=1S/C13H18BrNO2/c1-10(13(16)17)9-15(2)7-6-11-4-3-5-12(14)8-11/h3-5,8,10H,6-7,9H2,1-2H3,(H,16,17). The Morgan fingerprint density at radius 1 is 1.53 bits per heavy atom. The highest BCUT2D eigenvalue weighted by atomic mass is 79.9. The monoisotopic (exact) mass is 299 g/mol. The fourth-order valence-corrected chi connectivity index (χ4v) is 2.10. The third kappa shape index (κ3) is 5.33. The van der Waals surface area contributed by atoms with E-state index in [1.807, 2.05) is 19.2 Å². The number of rotatable bonds is 6. The van der Waals surface area contributed by atoms with Crippen LogP contribution in [0.5, 0.6) is 0 Å². The van der Waals surface area contributed by atoms with Gasteiger partial charge in [-0.25, -0.2) is 0 Å². The van der Waals surface area contributed by atoms with Crippen molar-refractivity contribution in [1.82, 2.24) is 4.90 Å². The van der Waals surface area contributed by atoms with E-state index in [0.29, 0.717) is 6.54 Å². The summed E-state index contributed by atoms with van der Waals surface area (Å²) in [6.45, 7) is 3.19. The van der Waals surface area contributed by atoms with Gasteiger partial charge in [0.05, 0.1) is 5.92 Å². The number of halogens is 1. The summed E-state index contributed by atoms with van der Waals surface area (Å²) in [6.07, 6.45) is 0.933. The van der Waals surface area contributed by atoms with E-state index in [-0.39, 0.29) is 5.92 Å². The summed E-state index contributed by atoms with van der Waals surface area (Å²) in [5, 5.41) is 8.82. The van der Waals surface area contributed by atoms with Gasteiger partial charge in [-0.05, 0) is 31.2 Å². The van der Waals surface area contributed by atoms with E-state index in [9.17, 15) is 4.79 Å². The first-order valence-electron chi connectivity index (χ1n) is 5.65. The topological polar surface area (TPSA) is 40.5 Å². The molecule has 1 N–H and O–H groups in total. The van der Waals surface area contributed by atoms with Crippen molar-refractivity contribution < 1.29 is 9.90 Å². The van der Waals surface area contributed by atoms with E-state index in [2.05, 4.69) is 33.0 Å². The predicted octanol–water partition coefficient (Wildman–Crippen LogP) is 2.64. The molecular weight excluding hydrogens is 282 g/mol. The number of hydrogen-bond donors (Lipinski definition) is 1. The van der Waals surface area contributed by atoms with Crippen molar-refractivity contribution in [3.8, 4) is 0 Å². The van der Waals surface area contributed by atoms with Crippen LogP contribution in [0.4, 0.5) is 0 Å². The van der Waals surface area contributed by atoms with E-state index in [4.69, 9.17) is 5.11 Å². The molecule has 1 rings (SSSR count). The molecule has 1 aromatic rings. The molecule has 0 fully saturated rings. The number of aliphatic carboxylic acids is 1. The van der Waals surface area contributed by atoms with Crippen molar-refractivity contribution in [2.75, 3.05) is 20.1 Å². The molecule has 0 aliphatic carbocycles. The number of benzene rings is 1. The minimum Gasteiger partial charge on any atom is -0.481 e. The lowest BCUT2D eigenvalue weighted by Crippen LogP contribution is -2.30. The molecule has 0 aromatic heterocycles. The number of carboxylic acids is 1. The lowest BCUT2D eigenvalue weighted by atomic mass is 10.1. The minimum atomic E-state index is -0.737. The first kappa shape index (κ1) is 14.2. The van der Waals surface area contributed by atoms with Crippen molar-refractivity contribution in [2.24, 2.45) is 5.92 Å². The summed E-state index contributed by atoms with van der Waals surface area (Å²) < 4.78 is 1.08. The molecule has 4 heteroatoms. The van der Waals surface area contributed by atoms with E-state index >= 15 is 0 Å². The summed E-state index contributed by atoms with van der Waals surface area (Å²) in [5.74, 6) is -1.05. The van der Waals surface area contributed by atoms with E-state index in [1.54, 1.807) is 6.92 Å². The molecule has 0 saturated carbocycles. The van der Waals surface area contributed by atoms with Crippen LogP contribution in [0.3, 0.4) is 0 Å². The van der Waals surface area contributed by atoms with Gasteiger partial charge in [-0.2, -0.15) is 0 Å². The van der Waals surface area contributed by atoms with Crippen molar-refractivity contribution >= 4 is 21.9 Å². The summed E-state index contributed by atoms with van der Waals surface area (Å²) in [7, 11) is 1.96. The molecule has 1 aromatic carbocycles. The second-order valence-electron chi connectivity index (χ2n) is 4.38. The molecule has 1 atom stereocenters. The average molecular weight is 300 g/mol. The van der Waals surface area contributed by atoms with Crippen LogP contribution in [-0.2, 0) is 11.2 Å².